The Hall–Kier alpha value is -3.65. The van der Waals surface area contributed by atoms with Gasteiger partial charge in [-0.2, -0.15) is 13.2 Å². The molecule has 8 heteroatoms. The second-order valence-electron chi connectivity index (χ2n) is 9.48. The lowest BCUT2D eigenvalue weighted by atomic mass is 10.0. The molecule has 0 saturated heterocycles. The van der Waals surface area contributed by atoms with Crippen LogP contribution in [0.15, 0.2) is 72.9 Å². The lowest BCUT2D eigenvalue weighted by Crippen LogP contribution is -2.14. The summed E-state index contributed by atoms with van der Waals surface area (Å²) >= 11 is 0. The minimum Gasteiger partial charge on any atom is -0.364 e. The van der Waals surface area contributed by atoms with E-state index >= 15 is 0 Å². The summed E-state index contributed by atoms with van der Waals surface area (Å²) in [5.74, 6) is 1.51. The molecule has 2 aromatic heterocycles. The second-order valence-corrected chi connectivity index (χ2v) is 9.48. The van der Waals surface area contributed by atoms with Crippen LogP contribution in [0.1, 0.15) is 36.3 Å². The lowest BCUT2D eigenvalue weighted by molar-refractivity contribution is -0.137. The summed E-state index contributed by atoms with van der Waals surface area (Å²) in [6, 6.07) is 19.3. The van der Waals surface area contributed by atoms with Gasteiger partial charge in [0.05, 0.1) is 17.0 Å². The van der Waals surface area contributed by atoms with Crippen LogP contribution in [-0.2, 0) is 19.6 Å². The van der Waals surface area contributed by atoms with Crippen LogP contribution in [0, 0.1) is 0 Å². The molecule has 0 aliphatic rings. The van der Waals surface area contributed by atoms with Gasteiger partial charge >= 0.3 is 6.18 Å². The molecule has 194 valence electrons. The van der Waals surface area contributed by atoms with Crippen molar-refractivity contribution in [1.82, 2.24) is 19.4 Å². The molecule has 4 aromatic rings. The van der Waals surface area contributed by atoms with E-state index in [4.69, 9.17) is 4.98 Å². The number of imidazole rings is 1. The highest BCUT2D eigenvalue weighted by atomic mass is 19.4. The standard InChI is InChI=1S/C29H32F3N5/c1-20(21-10-6-5-7-11-21)34-25-19-23(15-16-33-25)28-27(22-12-8-13-24(18-22)29(30,31)32)35-26(37(28)4)14-9-17-36(2)3/h5-8,10-13,15-16,18-20H,9,14,17H2,1-4H3,(H,33,34). The third-order valence-corrected chi connectivity index (χ3v) is 6.35. The summed E-state index contributed by atoms with van der Waals surface area (Å²) in [5, 5.41) is 3.43. The largest absolute Gasteiger partial charge is 0.416 e. The predicted octanol–water partition coefficient (Wildman–Crippen LogP) is 6.84. The molecule has 37 heavy (non-hydrogen) atoms. The second kappa shape index (κ2) is 11.2. The van der Waals surface area contributed by atoms with Crippen molar-refractivity contribution in [3.05, 3.63) is 89.9 Å². The van der Waals surface area contributed by atoms with Crippen molar-refractivity contribution in [3.63, 3.8) is 0 Å². The number of hydrogen-bond donors (Lipinski definition) is 1. The van der Waals surface area contributed by atoms with Crippen LogP contribution >= 0.6 is 0 Å². The van der Waals surface area contributed by atoms with Crippen LogP contribution in [0.2, 0.25) is 0 Å². The van der Waals surface area contributed by atoms with Gasteiger partial charge in [0.25, 0.3) is 0 Å². The van der Waals surface area contributed by atoms with Crippen molar-refractivity contribution in [2.45, 2.75) is 32.0 Å². The Kier molecular flexibility index (Phi) is 7.97. The monoisotopic (exact) mass is 507 g/mol. The maximum atomic E-state index is 13.5. The first-order valence-electron chi connectivity index (χ1n) is 12.3. The number of nitrogens with one attached hydrogen (secondary N) is 1. The first kappa shape index (κ1) is 26.4. The third kappa shape index (κ3) is 6.38. The van der Waals surface area contributed by atoms with Gasteiger partial charge in [0.15, 0.2) is 0 Å². The Labute approximate surface area is 216 Å². The minimum absolute atomic E-state index is 0.0278. The van der Waals surface area contributed by atoms with Gasteiger partial charge in [-0.3, -0.25) is 0 Å². The molecular weight excluding hydrogens is 475 g/mol. The molecule has 1 atom stereocenters. The highest BCUT2D eigenvalue weighted by Gasteiger charge is 2.31. The van der Waals surface area contributed by atoms with Crippen LogP contribution in [0.4, 0.5) is 19.0 Å². The van der Waals surface area contributed by atoms with Crippen LogP contribution in [0.3, 0.4) is 0 Å². The van der Waals surface area contributed by atoms with E-state index in [1.54, 1.807) is 12.3 Å². The van der Waals surface area contributed by atoms with Crippen LogP contribution in [-0.4, -0.2) is 40.1 Å². The highest BCUT2D eigenvalue weighted by molar-refractivity contribution is 5.80. The van der Waals surface area contributed by atoms with Gasteiger partial charge in [-0.15, -0.1) is 0 Å². The van der Waals surface area contributed by atoms with E-state index < -0.39 is 11.7 Å². The van der Waals surface area contributed by atoms with Crippen molar-refractivity contribution in [1.29, 1.82) is 0 Å². The number of nitrogens with zero attached hydrogens (tertiary/aromatic N) is 4. The molecule has 0 bridgehead atoms. The zero-order chi connectivity index (χ0) is 26.6. The lowest BCUT2D eigenvalue weighted by Gasteiger charge is -2.16. The van der Waals surface area contributed by atoms with E-state index in [1.165, 1.54) is 12.1 Å². The summed E-state index contributed by atoms with van der Waals surface area (Å²) in [6.45, 7) is 2.95. The van der Waals surface area contributed by atoms with Gasteiger partial charge in [0.2, 0.25) is 0 Å². The van der Waals surface area contributed by atoms with Crippen molar-refractivity contribution >= 4 is 5.82 Å². The van der Waals surface area contributed by atoms with E-state index in [0.717, 1.165) is 41.7 Å². The quantitative estimate of drug-likeness (QED) is 0.270. The average molecular weight is 508 g/mol. The van der Waals surface area contributed by atoms with Crippen molar-refractivity contribution in [2.75, 3.05) is 26.0 Å². The number of aromatic nitrogens is 3. The molecule has 0 spiro atoms. The van der Waals surface area contributed by atoms with E-state index in [2.05, 4.69) is 22.1 Å². The van der Waals surface area contributed by atoms with E-state index in [0.29, 0.717) is 23.5 Å². The number of hydrogen-bond acceptors (Lipinski definition) is 4. The highest BCUT2D eigenvalue weighted by Crippen LogP contribution is 2.37. The Balaban J connectivity index is 1.75. The van der Waals surface area contributed by atoms with E-state index in [-0.39, 0.29) is 6.04 Å². The van der Waals surface area contributed by atoms with Crippen LogP contribution in [0.5, 0.6) is 0 Å². The number of halogens is 3. The summed E-state index contributed by atoms with van der Waals surface area (Å²) in [4.78, 5) is 11.4. The fourth-order valence-electron chi connectivity index (χ4n) is 4.40. The molecule has 2 heterocycles. The Morgan fingerprint density at radius 1 is 0.973 bits per heavy atom. The molecule has 0 aliphatic carbocycles. The van der Waals surface area contributed by atoms with Gasteiger partial charge in [-0.1, -0.05) is 42.5 Å². The normalized spacial score (nSPS) is 12.6. The van der Waals surface area contributed by atoms with Crippen LogP contribution in [0.25, 0.3) is 22.5 Å². The molecule has 0 saturated carbocycles. The Morgan fingerprint density at radius 3 is 2.43 bits per heavy atom. The number of anilines is 1. The molecular formula is C29H32F3N5. The molecule has 0 aliphatic heterocycles. The van der Waals surface area contributed by atoms with E-state index in [1.807, 2.05) is 68.2 Å². The summed E-state index contributed by atoms with van der Waals surface area (Å²) in [7, 11) is 5.95. The number of pyridine rings is 1. The van der Waals surface area contributed by atoms with Gasteiger partial charge in [-0.25, -0.2) is 9.97 Å². The fraction of sp³-hybridized carbons (Fsp3) is 0.310. The molecule has 2 aromatic carbocycles. The maximum Gasteiger partial charge on any atom is 0.416 e. The fourth-order valence-corrected chi connectivity index (χ4v) is 4.40. The first-order chi connectivity index (χ1) is 17.6. The predicted molar refractivity (Wildman–Crippen MR) is 142 cm³/mol. The minimum atomic E-state index is -4.43. The van der Waals surface area contributed by atoms with Crippen molar-refractivity contribution in [3.8, 4) is 22.5 Å². The first-order valence-corrected chi connectivity index (χ1v) is 12.3. The summed E-state index contributed by atoms with van der Waals surface area (Å²) in [6.07, 6.45) is -1.12. The number of alkyl halides is 3. The molecule has 1 unspecified atom stereocenters. The van der Waals surface area contributed by atoms with Gasteiger partial charge in [0.1, 0.15) is 11.6 Å². The number of aryl methyl sites for hydroxylation is 1. The van der Waals surface area contributed by atoms with Gasteiger partial charge in [0, 0.05) is 36.8 Å². The Bertz CT molecular complexity index is 1330. The van der Waals surface area contributed by atoms with Gasteiger partial charge in [-0.05, 0) is 63.8 Å². The molecule has 0 fully saturated rings. The zero-order valence-corrected chi connectivity index (χ0v) is 21.5. The van der Waals surface area contributed by atoms with E-state index in [9.17, 15) is 13.2 Å². The van der Waals surface area contributed by atoms with Crippen molar-refractivity contribution < 1.29 is 13.2 Å². The summed E-state index contributed by atoms with van der Waals surface area (Å²) < 4.78 is 42.5. The SMILES string of the molecule is CC(Nc1cc(-c2c(-c3cccc(C(F)(F)F)c3)nc(CCCN(C)C)n2C)ccn1)c1ccccc1. The topological polar surface area (TPSA) is 46.0 Å². The Morgan fingerprint density at radius 2 is 1.73 bits per heavy atom. The zero-order valence-electron chi connectivity index (χ0n) is 21.5. The number of rotatable bonds is 9. The third-order valence-electron chi connectivity index (χ3n) is 6.35. The van der Waals surface area contributed by atoms with Crippen molar-refractivity contribution in [2.24, 2.45) is 7.05 Å². The van der Waals surface area contributed by atoms with Gasteiger partial charge < -0.3 is 14.8 Å². The number of benzene rings is 2. The molecule has 0 amide bonds. The molecule has 0 radical (unpaired) electrons. The van der Waals surface area contributed by atoms with Crippen LogP contribution < -0.4 is 5.32 Å². The average Bonchev–Trinajstić information content (AvgIpc) is 3.20. The molecule has 4 rings (SSSR count). The maximum absolute atomic E-state index is 13.5. The smallest absolute Gasteiger partial charge is 0.364 e. The summed E-state index contributed by atoms with van der Waals surface area (Å²) in [5.41, 5.74) is 2.99. The molecule has 5 nitrogen and oxygen atoms in total. The molecule has 1 N–H and O–H groups in total.